The number of rotatable bonds is 4. The highest BCUT2D eigenvalue weighted by Gasteiger charge is 2.34. The molecule has 3 N–H and O–H groups in total. The summed E-state index contributed by atoms with van der Waals surface area (Å²) in [6.45, 7) is 2.94. The fraction of sp³-hybridized carbons (Fsp3) is 0.571. The number of aromatic nitrogens is 1. The van der Waals surface area contributed by atoms with Gasteiger partial charge in [0.15, 0.2) is 0 Å². The summed E-state index contributed by atoms with van der Waals surface area (Å²) in [4.78, 5) is 18.5. The van der Waals surface area contributed by atoms with Crippen LogP contribution in [0.1, 0.15) is 29.6 Å². The third-order valence-corrected chi connectivity index (χ3v) is 4.34. The molecule has 1 amide bonds. The van der Waals surface area contributed by atoms with Gasteiger partial charge in [-0.15, -0.1) is 0 Å². The predicted molar refractivity (Wildman–Crippen MR) is 78.7 cm³/mol. The van der Waals surface area contributed by atoms with Crippen molar-refractivity contribution in [2.24, 2.45) is 5.92 Å². The zero-order valence-corrected chi connectivity index (χ0v) is 12.1. The van der Waals surface area contributed by atoms with E-state index in [9.17, 15) is 4.79 Å². The standard InChI is InChI=1S/C14H19ClN4O/c15-13-12(5-10(16)7-17-13)14(20)18-6-9-3-4-19(8-9)11-1-2-11/h5,7,9,11H,1-4,6,8,16H2,(H,18,20). The van der Waals surface area contributed by atoms with Gasteiger partial charge in [-0.25, -0.2) is 4.98 Å². The molecule has 0 bridgehead atoms. The SMILES string of the molecule is Nc1cnc(Cl)c(C(=O)NCC2CCN(C3CC3)C2)c1. The van der Waals surface area contributed by atoms with E-state index in [2.05, 4.69) is 15.2 Å². The minimum Gasteiger partial charge on any atom is -0.397 e. The quantitative estimate of drug-likeness (QED) is 0.826. The molecule has 5 nitrogen and oxygen atoms in total. The molecule has 1 saturated heterocycles. The number of anilines is 1. The Balaban J connectivity index is 1.53. The smallest absolute Gasteiger partial charge is 0.254 e. The van der Waals surface area contributed by atoms with Crippen LogP contribution in [-0.2, 0) is 0 Å². The van der Waals surface area contributed by atoms with Crippen molar-refractivity contribution in [3.8, 4) is 0 Å². The lowest BCUT2D eigenvalue weighted by Crippen LogP contribution is -2.31. The summed E-state index contributed by atoms with van der Waals surface area (Å²) >= 11 is 5.92. The molecule has 2 fully saturated rings. The summed E-state index contributed by atoms with van der Waals surface area (Å²) in [5.74, 6) is 0.340. The summed E-state index contributed by atoms with van der Waals surface area (Å²) in [6, 6.07) is 2.37. The maximum absolute atomic E-state index is 12.1. The molecule has 0 radical (unpaired) electrons. The molecule has 0 spiro atoms. The second-order valence-electron chi connectivity index (χ2n) is 5.70. The lowest BCUT2D eigenvalue weighted by atomic mass is 10.1. The van der Waals surface area contributed by atoms with Crippen molar-refractivity contribution in [2.45, 2.75) is 25.3 Å². The Labute approximate surface area is 123 Å². The number of hydrogen-bond donors (Lipinski definition) is 2. The highest BCUT2D eigenvalue weighted by atomic mass is 35.5. The molecule has 1 aromatic heterocycles. The second kappa shape index (κ2) is 5.58. The number of carbonyl (C=O) groups excluding carboxylic acids is 1. The molecule has 1 saturated carbocycles. The Morgan fingerprint density at radius 2 is 2.30 bits per heavy atom. The zero-order chi connectivity index (χ0) is 14.1. The fourth-order valence-electron chi connectivity index (χ4n) is 2.76. The molecule has 0 aromatic carbocycles. The lowest BCUT2D eigenvalue weighted by Gasteiger charge is -2.15. The third kappa shape index (κ3) is 3.04. The molecule has 1 aliphatic heterocycles. The van der Waals surface area contributed by atoms with Crippen LogP contribution in [0.5, 0.6) is 0 Å². The maximum atomic E-state index is 12.1. The normalized spacial score (nSPS) is 22.9. The monoisotopic (exact) mass is 294 g/mol. The molecular formula is C14H19ClN4O. The molecule has 108 valence electrons. The number of carbonyl (C=O) groups is 1. The fourth-order valence-corrected chi connectivity index (χ4v) is 2.95. The molecule has 1 unspecified atom stereocenters. The van der Waals surface area contributed by atoms with Crippen molar-refractivity contribution in [3.63, 3.8) is 0 Å². The number of nitrogens with two attached hydrogens (primary N) is 1. The zero-order valence-electron chi connectivity index (χ0n) is 11.3. The number of pyridine rings is 1. The molecule has 2 aliphatic rings. The van der Waals surface area contributed by atoms with Crippen molar-refractivity contribution in [2.75, 3.05) is 25.4 Å². The van der Waals surface area contributed by atoms with E-state index in [1.54, 1.807) is 6.07 Å². The van der Waals surface area contributed by atoms with E-state index in [4.69, 9.17) is 17.3 Å². The van der Waals surface area contributed by atoms with Gasteiger partial charge in [-0.05, 0) is 37.8 Å². The molecule has 20 heavy (non-hydrogen) atoms. The first-order chi connectivity index (χ1) is 9.63. The van der Waals surface area contributed by atoms with E-state index in [1.807, 2.05) is 0 Å². The van der Waals surface area contributed by atoms with E-state index in [0.717, 1.165) is 25.6 Å². The number of nitrogen functional groups attached to an aromatic ring is 1. The lowest BCUT2D eigenvalue weighted by molar-refractivity contribution is 0.0947. The molecule has 1 aliphatic carbocycles. The Bertz CT molecular complexity index is 518. The van der Waals surface area contributed by atoms with Crippen molar-refractivity contribution >= 4 is 23.2 Å². The predicted octanol–water partition coefficient (Wildman–Crippen LogP) is 1.53. The van der Waals surface area contributed by atoms with E-state index < -0.39 is 0 Å². The summed E-state index contributed by atoms with van der Waals surface area (Å²) in [5, 5.41) is 3.14. The van der Waals surface area contributed by atoms with Gasteiger partial charge in [0.05, 0.1) is 17.4 Å². The summed E-state index contributed by atoms with van der Waals surface area (Å²) < 4.78 is 0. The summed E-state index contributed by atoms with van der Waals surface area (Å²) in [5.41, 5.74) is 6.43. The van der Waals surface area contributed by atoms with Crippen molar-refractivity contribution in [1.29, 1.82) is 0 Å². The van der Waals surface area contributed by atoms with Gasteiger partial charge in [-0.3, -0.25) is 4.79 Å². The second-order valence-corrected chi connectivity index (χ2v) is 6.06. The van der Waals surface area contributed by atoms with Gasteiger partial charge >= 0.3 is 0 Å². The Kier molecular flexibility index (Phi) is 3.81. The van der Waals surface area contributed by atoms with Crippen LogP contribution in [0.25, 0.3) is 0 Å². The number of likely N-dealkylation sites (tertiary alicyclic amines) is 1. The first kappa shape index (κ1) is 13.6. The molecule has 2 heterocycles. The van der Waals surface area contributed by atoms with Gasteiger partial charge in [-0.2, -0.15) is 0 Å². The van der Waals surface area contributed by atoms with Gasteiger partial charge in [0.1, 0.15) is 5.15 Å². The van der Waals surface area contributed by atoms with E-state index >= 15 is 0 Å². The number of hydrogen-bond acceptors (Lipinski definition) is 4. The molecule has 1 atom stereocenters. The third-order valence-electron chi connectivity index (χ3n) is 4.04. The summed E-state index contributed by atoms with van der Waals surface area (Å²) in [6.07, 6.45) is 5.27. The van der Waals surface area contributed by atoms with Gasteiger partial charge in [0.2, 0.25) is 0 Å². The molecule has 1 aromatic rings. The van der Waals surface area contributed by atoms with Crippen LogP contribution in [0.3, 0.4) is 0 Å². The van der Waals surface area contributed by atoms with Gasteiger partial charge in [-0.1, -0.05) is 11.6 Å². The van der Waals surface area contributed by atoms with E-state index in [0.29, 0.717) is 23.7 Å². The van der Waals surface area contributed by atoms with Crippen molar-refractivity contribution in [1.82, 2.24) is 15.2 Å². The molecule has 6 heteroatoms. The Morgan fingerprint density at radius 1 is 1.50 bits per heavy atom. The van der Waals surface area contributed by atoms with Gasteiger partial charge in [0.25, 0.3) is 5.91 Å². The van der Waals surface area contributed by atoms with Crippen LogP contribution in [0.4, 0.5) is 5.69 Å². The summed E-state index contributed by atoms with van der Waals surface area (Å²) in [7, 11) is 0. The average molecular weight is 295 g/mol. The van der Waals surface area contributed by atoms with E-state index in [1.165, 1.54) is 19.0 Å². The Morgan fingerprint density at radius 3 is 3.05 bits per heavy atom. The van der Waals surface area contributed by atoms with Crippen LogP contribution in [0.2, 0.25) is 5.15 Å². The average Bonchev–Trinajstić information content (AvgIpc) is 3.18. The van der Waals surface area contributed by atoms with Gasteiger partial charge < -0.3 is 16.0 Å². The van der Waals surface area contributed by atoms with Crippen LogP contribution < -0.4 is 11.1 Å². The number of nitrogens with zero attached hydrogens (tertiary/aromatic N) is 2. The molecule has 3 rings (SSSR count). The van der Waals surface area contributed by atoms with E-state index in [-0.39, 0.29) is 11.1 Å². The highest BCUT2D eigenvalue weighted by molar-refractivity contribution is 6.32. The topological polar surface area (TPSA) is 71.2 Å². The highest BCUT2D eigenvalue weighted by Crippen LogP contribution is 2.31. The molecular weight excluding hydrogens is 276 g/mol. The number of nitrogens with one attached hydrogen (secondary N) is 1. The van der Waals surface area contributed by atoms with Gasteiger partial charge in [0, 0.05) is 19.1 Å². The van der Waals surface area contributed by atoms with Crippen LogP contribution in [0.15, 0.2) is 12.3 Å². The Hall–Kier alpha value is -1.33. The number of amides is 1. The minimum atomic E-state index is -0.195. The largest absolute Gasteiger partial charge is 0.397 e. The van der Waals surface area contributed by atoms with Crippen molar-refractivity contribution in [3.05, 3.63) is 23.0 Å². The first-order valence-corrected chi connectivity index (χ1v) is 7.44. The van der Waals surface area contributed by atoms with Crippen LogP contribution in [-0.4, -0.2) is 41.5 Å². The van der Waals surface area contributed by atoms with Crippen molar-refractivity contribution < 1.29 is 4.79 Å². The minimum absolute atomic E-state index is 0.195. The number of halogens is 1. The first-order valence-electron chi connectivity index (χ1n) is 7.07. The maximum Gasteiger partial charge on any atom is 0.254 e. The van der Waals surface area contributed by atoms with Crippen LogP contribution in [0, 0.1) is 5.92 Å². The van der Waals surface area contributed by atoms with Crippen LogP contribution >= 0.6 is 11.6 Å².